The minimum atomic E-state index is -0.600. The molecule has 0 atom stereocenters. The Hall–Kier alpha value is -3.27. The summed E-state index contributed by atoms with van der Waals surface area (Å²) in [7, 11) is 0. The van der Waals surface area contributed by atoms with Crippen LogP contribution in [0.5, 0.6) is 0 Å². The molecule has 10 heteroatoms. The molecule has 168 valence electrons. The summed E-state index contributed by atoms with van der Waals surface area (Å²) in [5, 5.41) is 7.64. The highest BCUT2D eigenvalue weighted by Gasteiger charge is 2.23. The van der Waals surface area contributed by atoms with Gasteiger partial charge in [0.25, 0.3) is 11.5 Å². The lowest BCUT2D eigenvalue weighted by Crippen LogP contribution is -2.49. The molecule has 33 heavy (non-hydrogen) atoms. The van der Waals surface area contributed by atoms with Crippen molar-refractivity contribution in [3.8, 4) is 0 Å². The van der Waals surface area contributed by atoms with Gasteiger partial charge in [-0.3, -0.25) is 9.59 Å². The molecule has 1 aliphatic rings. The number of carbonyl (C=O) groups excluding carboxylic acids is 1. The van der Waals surface area contributed by atoms with Crippen LogP contribution in [0, 0.1) is 6.92 Å². The molecule has 0 unspecified atom stereocenters. The second-order valence-corrected chi connectivity index (χ2v) is 9.46. The summed E-state index contributed by atoms with van der Waals surface area (Å²) in [6.07, 6.45) is 1.54. The summed E-state index contributed by atoms with van der Waals surface area (Å²) >= 11 is 7.61. The number of nitrogens with zero attached hydrogens (tertiary/aromatic N) is 3. The van der Waals surface area contributed by atoms with Crippen molar-refractivity contribution in [1.82, 2.24) is 19.9 Å². The Balaban J connectivity index is 1.50. The fourth-order valence-electron chi connectivity index (χ4n) is 3.48. The molecule has 8 nitrogen and oxygen atoms in total. The van der Waals surface area contributed by atoms with Crippen molar-refractivity contribution in [2.45, 2.75) is 19.5 Å². The highest BCUT2D eigenvalue weighted by atomic mass is 35.5. The van der Waals surface area contributed by atoms with Crippen molar-refractivity contribution in [2.24, 2.45) is 0 Å². The van der Waals surface area contributed by atoms with Crippen LogP contribution in [0.15, 0.2) is 53.5 Å². The molecule has 1 fully saturated rings. The van der Waals surface area contributed by atoms with E-state index in [-0.39, 0.29) is 11.6 Å². The summed E-state index contributed by atoms with van der Waals surface area (Å²) in [6, 6.07) is 13.1. The molecule has 0 spiro atoms. The molecule has 0 radical (unpaired) electrons. The molecule has 1 aliphatic heterocycles. The molecular formula is C23H20ClN5O3S. The van der Waals surface area contributed by atoms with Crippen molar-refractivity contribution >= 4 is 50.7 Å². The average Bonchev–Trinajstić information content (AvgIpc) is 3.13. The Morgan fingerprint density at radius 2 is 2.00 bits per heavy atom. The number of fused-ring (bicyclic) bond motifs is 1. The third kappa shape index (κ3) is 4.75. The molecule has 2 N–H and O–H groups in total. The van der Waals surface area contributed by atoms with Gasteiger partial charge in [-0.25, -0.2) is 4.98 Å². The first-order chi connectivity index (χ1) is 15.9. The number of aryl methyl sites for hydroxylation is 1. The quantitative estimate of drug-likeness (QED) is 0.435. The van der Waals surface area contributed by atoms with Crippen LogP contribution < -0.4 is 16.2 Å². The van der Waals surface area contributed by atoms with E-state index in [2.05, 4.69) is 20.6 Å². The first kappa shape index (κ1) is 21.6. The number of ether oxygens (including phenoxy) is 1. The van der Waals surface area contributed by atoms with Crippen molar-refractivity contribution < 1.29 is 9.53 Å². The van der Waals surface area contributed by atoms with E-state index in [0.717, 1.165) is 26.5 Å². The van der Waals surface area contributed by atoms with E-state index in [1.807, 2.05) is 37.3 Å². The fourth-order valence-corrected chi connectivity index (χ4v) is 4.48. The SMILES string of the molecule is Cc1nc2ccc(Nc3nc(=O)c(C(=O)NC4COC4)cn3Cc3ccc(Cl)cc3)cc2s1. The van der Waals surface area contributed by atoms with Crippen LogP contribution >= 0.6 is 22.9 Å². The molecule has 5 rings (SSSR count). The van der Waals surface area contributed by atoms with Crippen LogP contribution in [-0.4, -0.2) is 39.7 Å². The largest absolute Gasteiger partial charge is 0.377 e. The maximum Gasteiger partial charge on any atom is 0.287 e. The highest BCUT2D eigenvalue weighted by Crippen LogP contribution is 2.26. The number of hydrogen-bond acceptors (Lipinski definition) is 7. The molecule has 0 saturated carbocycles. The average molecular weight is 482 g/mol. The van der Waals surface area contributed by atoms with E-state index in [1.54, 1.807) is 28.0 Å². The van der Waals surface area contributed by atoms with Crippen molar-refractivity contribution in [1.29, 1.82) is 0 Å². The fraction of sp³-hybridized carbons (Fsp3) is 0.217. The van der Waals surface area contributed by atoms with Gasteiger partial charge in [0.15, 0.2) is 0 Å². The summed E-state index contributed by atoms with van der Waals surface area (Å²) in [4.78, 5) is 34.1. The number of rotatable bonds is 6. The van der Waals surface area contributed by atoms with E-state index < -0.39 is 11.5 Å². The number of carbonyl (C=O) groups is 1. The van der Waals surface area contributed by atoms with Gasteiger partial charge in [-0.15, -0.1) is 11.3 Å². The number of nitrogens with one attached hydrogen (secondary N) is 2. The monoisotopic (exact) mass is 481 g/mol. The normalized spacial score (nSPS) is 13.6. The molecule has 2 aromatic heterocycles. The lowest BCUT2D eigenvalue weighted by molar-refractivity contribution is -0.00350. The van der Waals surface area contributed by atoms with Gasteiger partial charge >= 0.3 is 0 Å². The van der Waals surface area contributed by atoms with E-state index in [4.69, 9.17) is 16.3 Å². The van der Waals surface area contributed by atoms with Gasteiger partial charge in [0.1, 0.15) is 5.56 Å². The predicted octanol–water partition coefficient (Wildman–Crippen LogP) is 3.74. The number of anilines is 2. The number of amides is 1. The van der Waals surface area contributed by atoms with E-state index in [9.17, 15) is 9.59 Å². The van der Waals surface area contributed by atoms with Crippen molar-refractivity contribution in [3.05, 3.63) is 80.2 Å². The second kappa shape index (κ2) is 8.93. The number of hydrogen-bond donors (Lipinski definition) is 2. The summed E-state index contributed by atoms with van der Waals surface area (Å²) in [5.41, 5.74) is 2.01. The molecule has 2 aromatic carbocycles. The standard InChI is InChI=1S/C23H20ClN5O3S/c1-13-25-19-7-6-16(8-20(19)33-13)27-23-28-22(31)18(21(30)26-17-11-32-12-17)10-29(23)9-14-2-4-15(24)5-3-14/h2-8,10,17H,9,11-12H2,1H3,(H,26,30)(H,27,28,31). The van der Waals surface area contributed by atoms with Crippen molar-refractivity contribution in [3.63, 3.8) is 0 Å². The van der Waals surface area contributed by atoms with Gasteiger partial charge in [-0.05, 0) is 42.8 Å². The van der Waals surface area contributed by atoms with Gasteiger partial charge in [0.05, 0.1) is 41.0 Å². The first-order valence-corrected chi connectivity index (χ1v) is 11.5. The van der Waals surface area contributed by atoms with Crippen LogP contribution in [0.4, 0.5) is 11.6 Å². The number of benzene rings is 2. The summed E-state index contributed by atoms with van der Waals surface area (Å²) < 4.78 is 7.87. The van der Waals surface area contributed by atoms with Crippen LogP contribution in [0.3, 0.4) is 0 Å². The van der Waals surface area contributed by atoms with Crippen LogP contribution in [0.1, 0.15) is 20.9 Å². The third-order valence-electron chi connectivity index (χ3n) is 5.23. The Kier molecular flexibility index (Phi) is 5.84. The Morgan fingerprint density at radius 1 is 1.21 bits per heavy atom. The molecular weight excluding hydrogens is 462 g/mol. The minimum Gasteiger partial charge on any atom is -0.377 e. The van der Waals surface area contributed by atoms with Crippen molar-refractivity contribution in [2.75, 3.05) is 18.5 Å². The zero-order chi connectivity index (χ0) is 22.9. The second-order valence-electron chi connectivity index (χ2n) is 7.79. The maximum atomic E-state index is 12.7. The van der Waals surface area contributed by atoms with Gasteiger partial charge in [0, 0.05) is 16.9 Å². The number of halogens is 1. The Labute approximate surface area is 198 Å². The smallest absolute Gasteiger partial charge is 0.287 e. The van der Waals surface area contributed by atoms with Gasteiger partial charge in [0.2, 0.25) is 5.95 Å². The van der Waals surface area contributed by atoms with E-state index >= 15 is 0 Å². The van der Waals surface area contributed by atoms with Crippen LogP contribution in [0.2, 0.25) is 5.02 Å². The molecule has 1 saturated heterocycles. The number of aromatic nitrogens is 3. The van der Waals surface area contributed by atoms with Gasteiger partial charge in [-0.2, -0.15) is 4.98 Å². The number of thiazole rings is 1. The molecule has 4 aromatic rings. The lowest BCUT2D eigenvalue weighted by atomic mass is 10.2. The molecule has 1 amide bonds. The summed E-state index contributed by atoms with van der Waals surface area (Å²) in [6.45, 7) is 3.23. The molecule has 0 aliphatic carbocycles. The highest BCUT2D eigenvalue weighted by molar-refractivity contribution is 7.18. The van der Waals surface area contributed by atoms with E-state index in [1.165, 1.54) is 6.20 Å². The predicted molar refractivity (Wildman–Crippen MR) is 129 cm³/mol. The zero-order valence-corrected chi connectivity index (χ0v) is 19.2. The summed E-state index contributed by atoms with van der Waals surface area (Å²) in [5.74, 6) is -0.127. The molecule has 0 bridgehead atoms. The first-order valence-electron chi connectivity index (χ1n) is 10.3. The van der Waals surface area contributed by atoms with Gasteiger partial charge < -0.3 is 19.9 Å². The Bertz CT molecular complexity index is 1400. The molecule has 3 heterocycles. The Morgan fingerprint density at radius 3 is 2.73 bits per heavy atom. The van der Waals surface area contributed by atoms with Crippen LogP contribution in [-0.2, 0) is 11.3 Å². The topological polar surface area (TPSA) is 98.1 Å². The maximum absolute atomic E-state index is 12.7. The van der Waals surface area contributed by atoms with Crippen LogP contribution in [0.25, 0.3) is 10.2 Å². The third-order valence-corrected chi connectivity index (χ3v) is 6.42. The zero-order valence-electron chi connectivity index (χ0n) is 17.7. The van der Waals surface area contributed by atoms with E-state index in [0.29, 0.717) is 30.7 Å². The van der Waals surface area contributed by atoms with Gasteiger partial charge in [-0.1, -0.05) is 23.7 Å². The minimum absolute atomic E-state index is 0.0186. The lowest BCUT2D eigenvalue weighted by Gasteiger charge is -2.26.